The second-order valence-electron chi connectivity index (χ2n) is 4.28. The number of ether oxygens (including phenoxy) is 3. The Balaban J connectivity index is 1.88. The van der Waals surface area contributed by atoms with Crippen molar-refractivity contribution >= 4 is 17.6 Å². The Bertz CT molecular complexity index is 673. The number of rotatable bonds is 7. The molecule has 1 amide bonds. The highest BCUT2D eigenvalue weighted by Gasteiger charge is 2.12. The zero-order chi connectivity index (χ0) is 16.7. The van der Waals surface area contributed by atoms with Gasteiger partial charge < -0.3 is 19.5 Å². The van der Waals surface area contributed by atoms with Gasteiger partial charge in [0.1, 0.15) is 24.4 Å². The van der Waals surface area contributed by atoms with E-state index in [1.54, 1.807) is 18.2 Å². The monoisotopic (exact) mass is 321 g/mol. The Morgan fingerprint density at radius 1 is 1.26 bits per heavy atom. The Kier molecular flexibility index (Phi) is 5.45. The summed E-state index contributed by atoms with van der Waals surface area (Å²) in [5.74, 6) is -0.136. The molecule has 2 aromatic rings. The molecular weight excluding hydrogens is 306 g/mol. The first kappa shape index (κ1) is 16.2. The Labute approximate surface area is 131 Å². The summed E-state index contributed by atoms with van der Waals surface area (Å²) in [6.07, 6.45) is 1.27. The Morgan fingerprint density at radius 2 is 2.09 bits per heavy atom. The number of tetrazole rings is 1. The van der Waals surface area contributed by atoms with Crippen molar-refractivity contribution in [3.8, 4) is 11.5 Å². The molecule has 23 heavy (non-hydrogen) atoms. The molecule has 10 heteroatoms. The number of amides is 1. The highest BCUT2D eigenvalue weighted by atomic mass is 16.5. The summed E-state index contributed by atoms with van der Waals surface area (Å²) < 4.78 is 16.2. The number of carbonyl (C=O) groups excluding carboxylic acids is 2. The number of hydrogen-bond acceptors (Lipinski definition) is 8. The predicted octanol–water partition coefficient (Wildman–Crippen LogP) is -0.128. The van der Waals surface area contributed by atoms with Crippen LogP contribution in [0.15, 0.2) is 24.5 Å². The predicted molar refractivity (Wildman–Crippen MR) is 77.0 cm³/mol. The SMILES string of the molecule is COc1ccc(OC)c(NC(=O)COC(=O)Cn2cnnn2)c1. The first-order valence-electron chi connectivity index (χ1n) is 6.50. The van der Waals surface area contributed by atoms with E-state index in [4.69, 9.17) is 14.2 Å². The highest BCUT2D eigenvalue weighted by molar-refractivity contribution is 5.94. The Morgan fingerprint density at radius 3 is 2.74 bits per heavy atom. The molecule has 0 aliphatic carbocycles. The van der Waals surface area contributed by atoms with E-state index in [-0.39, 0.29) is 6.54 Å². The molecule has 0 unspecified atom stereocenters. The Hall–Kier alpha value is -3.17. The fourth-order valence-corrected chi connectivity index (χ4v) is 1.67. The van der Waals surface area contributed by atoms with E-state index < -0.39 is 18.5 Å². The first-order valence-corrected chi connectivity index (χ1v) is 6.50. The van der Waals surface area contributed by atoms with Gasteiger partial charge in [0, 0.05) is 6.07 Å². The van der Waals surface area contributed by atoms with Crippen molar-refractivity contribution in [2.24, 2.45) is 0 Å². The number of nitrogens with zero attached hydrogens (tertiary/aromatic N) is 4. The van der Waals surface area contributed by atoms with E-state index in [0.29, 0.717) is 17.2 Å². The molecule has 0 fully saturated rings. The molecular formula is C13H15N5O5. The molecule has 0 aliphatic rings. The normalized spacial score (nSPS) is 10.0. The maximum absolute atomic E-state index is 11.9. The van der Waals surface area contributed by atoms with Crippen LogP contribution in [-0.4, -0.2) is 52.9 Å². The topological polar surface area (TPSA) is 117 Å². The number of nitrogens with one attached hydrogen (secondary N) is 1. The minimum absolute atomic E-state index is 0.178. The average Bonchev–Trinajstić information content (AvgIpc) is 3.05. The lowest BCUT2D eigenvalue weighted by atomic mass is 10.2. The maximum atomic E-state index is 11.9. The van der Waals surface area contributed by atoms with Crippen LogP contribution in [0.25, 0.3) is 0 Å². The number of benzene rings is 1. The fraction of sp³-hybridized carbons (Fsp3) is 0.308. The molecule has 1 N–H and O–H groups in total. The van der Waals surface area contributed by atoms with Gasteiger partial charge in [-0.15, -0.1) is 5.10 Å². The van der Waals surface area contributed by atoms with Crippen LogP contribution in [0.2, 0.25) is 0 Å². The van der Waals surface area contributed by atoms with Crippen molar-refractivity contribution in [1.82, 2.24) is 20.2 Å². The maximum Gasteiger partial charge on any atom is 0.328 e. The molecule has 2 rings (SSSR count). The lowest BCUT2D eigenvalue weighted by molar-refractivity contribution is -0.148. The molecule has 0 atom stereocenters. The van der Waals surface area contributed by atoms with Gasteiger partial charge in [0.25, 0.3) is 5.91 Å². The first-order chi connectivity index (χ1) is 11.1. The van der Waals surface area contributed by atoms with Gasteiger partial charge in [0.15, 0.2) is 6.61 Å². The van der Waals surface area contributed by atoms with Crippen LogP contribution in [-0.2, 0) is 20.9 Å². The fourth-order valence-electron chi connectivity index (χ4n) is 1.67. The molecule has 1 heterocycles. The van der Waals surface area contributed by atoms with Crippen molar-refractivity contribution in [2.45, 2.75) is 6.54 Å². The van der Waals surface area contributed by atoms with Gasteiger partial charge in [-0.2, -0.15) is 0 Å². The average molecular weight is 321 g/mol. The van der Waals surface area contributed by atoms with Crippen LogP contribution in [0.5, 0.6) is 11.5 Å². The molecule has 0 aliphatic heterocycles. The van der Waals surface area contributed by atoms with Crippen LogP contribution in [0, 0.1) is 0 Å². The van der Waals surface area contributed by atoms with Gasteiger partial charge in [0.2, 0.25) is 0 Å². The van der Waals surface area contributed by atoms with E-state index in [2.05, 4.69) is 20.8 Å². The molecule has 0 saturated heterocycles. The molecule has 0 saturated carbocycles. The largest absolute Gasteiger partial charge is 0.497 e. The smallest absolute Gasteiger partial charge is 0.328 e. The number of esters is 1. The van der Waals surface area contributed by atoms with Crippen molar-refractivity contribution < 1.29 is 23.8 Å². The number of anilines is 1. The second kappa shape index (κ2) is 7.73. The van der Waals surface area contributed by atoms with Crippen LogP contribution in [0.4, 0.5) is 5.69 Å². The summed E-state index contributed by atoms with van der Waals surface area (Å²) in [6, 6.07) is 4.94. The van der Waals surface area contributed by atoms with Gasteiger partial charge in [0.05, 0.1) is 19.9 Å². The van der Waals surface area contributed by atoms with Crippen molar-refractivity contribution in [1.29, 1.82) is 0 Å². The molecule has 1 aromatic heterocycles. The van der Waals surface area contributed by atoms with Crippen LogP contribution in [0.1, 0.15) is 0 Å². The lowest BCUT2D eigenvalue weighted by Crippen LogP contribution is -2.23. The van der Waals surface area contributed by atoms with Gasteiger partial charge in [-0.1, -0.05) is 0 Å². The lowest BCUT2D eigenvalue weighted by Gasteiger charge is -2.11. The van der Waals surface area contributed by atoms with E-state index in [1.807, 2.05) is 0 Å². The number of hydrogen-bond donors (Lipinski definition) is 1. The van der Waals surface area contributed by atoms with Crippen molar-refractivity contribution in [3.05, 3.63) is 24.5 Å². The van der Waals surface area contributed by atoms with Crippen molar-refractivity contribution in [3.63, 3.8) is 0 Å². The third-order valence-corrected chi connectivity index (χ3v) is 2.73. The second-order valence-corrected chi connectivity index (χ2v) is 4.28. The molecule has 0 radical (unpaired) electrons. The summed E-state index contributed by atoms with van der Waals surface area (Å²) in [6.45, 7) is -0.621. The summed E-state index contributed by atoms with van der Waals surface area (Å²) in [5, 5.41) is 12.9. The molecule has 0 spiro atoms. The minimum Gasteiger partial charge on any atom is -0.497 e. The van der Waals surface area contributed by atoms with Gasteiger partial charge in [-0.05, 0) is 22.6 Å². The molecule has 10 nitrogen and oxygen atoms in total. The highest BCUT2D eigenvalue weighted by Crippen LogP contribution is 2.28. The molecule has 1 aromatic carbocycles. The van der Waals surface area contributed by atoms with Crippen LogP contribution in [0.3, 0.4) is 0 Å². The van der Waals surface area contributed by atoms with Gasteiger partial charge in [-0.25, -0.2) is 4.68 Å². The number of carbonyl (C=O) groups is 2. The van der Waals surface area contributed by atoms with Crippen LogP contribution >= 0.6 is 0 Å². The number of methoxy groups -OCH3 is 2. The van der Waals surface area contributed by atoms with Gasteiger partial charge >= 0.3 is 5.97 Å². The third-order valence-electron chi connectivity index (χ3n) is 2.73. The zero-order valence-corrected chi connectivity index (χ0v) is 12.6. The summed E-state index contributed by atoms with van der Waals surface area (Å²) in [5.41, 5.74) is 0.411. The number of aromatic nitrogens is 4. The van der Waals surface area contributed by atoms with Gasteiger partial charge in [-0.3, -0.25) is 9.59 Å². The molecule has 0 bridgehead atoms. The van der Waals surface area contributed by atoms with E-state index >= 15 is 0 Å². The van der Waals surface area contributed by atoms with E-state index in [1.165, 1.54) is 25.2 Å². The van der Waals surface area contributed by atoms with E-state index in [9.17, 15) is 9.59 Å². The van der Waals surface area contributed by atoms with E-state index in [0.717, 1.165) is 0 Å². The third kappa shape index (κ3) is 4.66. The minimum atomic E-state index is -0.634. The van der Waals surface area contributed by atoms with Crippen molar-refractivity contribution in [2.75, 3.05) is 26.1 Å². The van der Waals surface area contributed by atoms with Crippen LogP contribution < -0.4 is 14.8 Å². The molecule has 122 valence electrons. The summed E-state index contributed by atoms with van der Waals surface area (Å²) >= 11 is 0. The summed E-state index contributed by atoms with van der Waals surface area (Å²) in [7, 11) is 2.98. The summed E-state index contributed by atoms with van der Waals surface area (Å²) in [4.78, 5) is 23.4. The standard InChI is InChI=1S/C13H15N5O5/c1-21-9-3-4-11(22-2)10(5-9)15-12(19)7-23-13(20)6-18-8-14-16-17-18/h3-5,8H,6-7H2,1-2H3,(H,15,19). The zero-order valence-electron chi connectivity index (χ0n) is 12.6. The quantitative estimate of drug-likeness (QED) is 0.701.